The summed E-state index contributed by atoms with van der Waals surface area (Å²) in [6, 6.07) is 0. The molecule has 0 N–H and O–H groups in total. The van der Waals surface area contributed by atoms with Gasteiger partial charge in [-0.15, -0.1) is 0 Å². The van der Waals surface area contributed by atoms with E-state index in [2.05, 4.69) is 11.8 Å². The number of unbranched alkanes of at least 4 members (excludes halogenated alkanes) is 5. The highest BCUT2D eigenvalue weighted by Gasteiger charge is 2.11. The van der Waals surface area contributed by atoms with Gasteiger partial charge in [-0.2, -0.15) is 0 Å². The maximum atomic E-state index is 4.74. The van der Waals surface area contributed by atoms with Crippen molar-refractivity contribution in [2.75, 3.05) is 41.0 Å². The van der Waals surface area contributed by atoms with Crippen LogP contribution < -0.4 is 0 Å². The van der Waals surface area contributed by atoms with Crippen molar-refractivity contribution in [3.8, 4) is 0 Å². The second-order valence-electron chi connectivity index (χ2n) is 4.96. The van der Waals surface area contributed by atoms with E-state index in [1.807, 2.05) is 0 Å². The van der Waals surface area contributed by atoms with Crippen molar-refractivity contribution < 1.29 is 13.3 Å². The van der Waals surface area contributed by atoms with E-state index < -0.39 is 9.53 Å². The number of likely N-dealkylation sites (tertiary alicyclic amines) is 1. The van der Waals surface area contributed by atoms with Crippen molar-refractivity contribution >= 4 is 9.53 Å². The highest BCUT2D eigenvalue weighted by Crippen LogP contribution is 2.09. The summed E-state index contributed by atoms with van der Waals surface area (Å²) >= 11 is 0. The fourth-order valence-corrected chi connectivity index (χ4v) is 2.59. The number of hydrogen-bond donors (Lipinski definition) is 0. The van der Waals surface area contributed by atoms with Crippen LogP contribution in [-0.2, 0) is 13.3 Å². The third-order valence-corrected chi connectivity index (χ3v) is 4.51. The minimum atomic E-state index is -1.67. The van der Waals surface area contributed by atoms with Gasteiger partial charge in [-0.25, -0.2) is 0 Å². The lowest BCUT2D eigenvalue weighted by Crippen LogP contribution is -2.37. The Balaban J connectivity index is 0.000000399. The molecule has 116 valence electrons. The molecule has 19 heavy (non-hydrogen) atoms. The first-order valence-corrected chi connectivity index (χ1v) is 9.00. The Morgan fingerprint density at radius 3 is 1.74 bits per heavy atom. The molecule has 0 bridgehead atoms. The maximum absolute atomic E-state index is 4.74. The monoisotopic (exact) mass is 291 g/mol. The minimum absolute atomic E-state index is 1.37. The van der Waals surface area contributed by atoms with Crippen LogP contribution >= 0.6 is 0 Å². The lowest BCUT2D eigenvalue weighted by molar-refractivity contribution is 0.163. The summed E-state index contributed by atoms with van der Waals surface area (Å²) in [5.74, 6) is 0. The molecule has 1 rings (SSSR count). The molecule has 1 heterocycles. The molecular weight excluding hydrogens is 258 g/mol. The summed E-state index contributed by atoms with van der Waals surface area (Å²) in [6.07, 6.45) is 10.0. The molecule has 0 radical (unpaired) electrons. The highest BCUT2D eigenvalue weighted by molar-refractivity contribution is 6.36. The largest absolute Gasteiger partial charge is 0.483 e. The number of hydrogen-bond acceptors (Lipinski definition) is 4. The van der Waals surface area contributed by atoms with Crippen molar-refractivity contribution in [3.63, 3.8) is 0 Å². The zero-order valence-electron chi connectivity index (χ0n) is 13.3. The Bertz CT molecular complexity index is 171. The van der Waals surface area contributed by atoms with E-state index in [0.717, 1.165) is 0 Å². The molecule has 1 aliphatic rings. The van der Waals surface area contributed by atoms with Crippen LogP contribution in [0, 0.1) is 0 Å². The average Bonchev–Trinajstić information content (AvgIpc) is 2.38. The van der Waals surface area contributed by atoms with E-state index in [0.29, 0.717) is 0 Å². The van der Waals surface area contributed by atoms with Crippen molar-refractivity contribution in [1.29, 1.82) is 0 Å². The SMILES string of the molecule is CCCCCCCCN1CCC1.CO[SiH](OC)OC. The predicted octanol–water partition coefficient (Wildman–Crippen LogP) is 2.70. The lowest BCUT2D eigenvalue weighted by atomic mass is 10.1. The van der Waals surface area contributed by atoms with E-state index >= 15 is 0 Å². The summed E-state index contributed by atoms with van der Waals surface area (Å²) in [6.45, 7) is 6.39. The molecule has 5 heteroatoms. The summed E-state index contributed by atoms with van der Waals surface area (Å²) < 4.78 is 14.2. The molecule has 4 nitrogen and oxygen atoms in total. The van der Waals surface area contributed by atoms with Crippen LogP contribution in [0.4, 0.5) is 0 Å². The van der Waals surface area contributed by atoms with Crippen LogP contribution in [0.15, 0.2) is 0 Å². The van der Waals surface area contributed by atoms with Gasteiger partial charge < -0.3 is 18.2 Å². The maximum Gasteiger partial charge on any atom is 0.483 e. The Morgan fingerprint density at radius 1 is 0.842 bits per heavy atom. The first kappa shape index (κ1) is 19.1. The summed E-state index contributed by atoms with van der Waals surface area (Å²) in [4.78, 5) is 2.57. The Labute approximate surface area is 121 Å². The highest BCUT2D eigenvalue weighted by atomic mass is 28.3. The van der Waals surface area contributed by atoms with Gasteiger partial charge in [-0.05, 0) is 32.5 Å². The molecule has 0 aliphatic carbocycles. The van der Waals surface area contributed by atoms with Gasteiger partial charge in [-0.3, -0.25) is 0 Å². The van der Waals surface area contributed by atoms with Crippen LogP contribution in [0.25, 0.3) is 0 Å². The predicted molar refractivity (Wildman–Crippen MR) is 82.6 cm³/mol. The molecule has 0 aromatic heterocycles. The molecule has 1 fully saturated rings. The second kappa shape index (κ2) is 14.5. The summed E-state index contributed by atoms with van der Waals surface area (Å²) in [5.41, 5.74) is 0. The standard InChI is InChI=1S/C11H23N.C3H10O3Si/c1-2-3-4-5-6-7-9-12-10-8-11-12;1-4-7(5-2)6-3/h2-11H2,1H3;7H,1-3H3. The van der Waals surface area contributed by atoms with Crippen LogP contribution in [0.1, 0.15) is 51.9 Å². The van der Waals surface area contributed by atoms with Gasteiger partial charge in [0.05, 0.1) is 0 Å². The number of nitrogens with zero attached hydrogens (tertiary/aromatic N) is 1. The molecule has 0 unspecified atom stereocenters. The fraction of sp³-hybridized carbons (Fsp3) is 1.00. The van der Waals surface area contributed by atoms with Gasteiger partial charge >= 0.3 is 9.53 Å². The Hall–Kier alpha value is 0.0569. The van der Waals surface area contributed by atoms with Crippen molar-refractivity contribution in [2.45, 2.75) is 51.9 Å². The smallest absolute Gasteiger partial charge is 0.379 e. The zero-order valence-corrected chi connectivity index (χ0v) is 14.5. The number of rotatable bonds is 10. The van der Waals surface area contributed by atoms with Crippen molar-refractivity contribution in [3.05, 3.63) is 0 Å². The topological polar surface area (TPSA) is 30.9 Å². The first-order chi connectivity index (χ1) is 9.28. The summed E-state index contributed by atoms with van der Waals surface area (Å²) in [7, 11) is 3.05. The molecule has 0 spiro atoms. The molecule has 1 saturated heterocycles. The molecule has 0 atom stereocenters. The van der Waals surface area contributed by atoms with Gasteiger partial charge in [0.2, 0.25) is 0 Å². The Kier molecular flexibility index (Phi) is 14.5. The Morgan fingerprint density at radius 2 is 1.37 bits per heavy atom. The third-order valence-electron chi connectivity index (χ3n) is 3.35. The molecule has 0 aromatic carbocycles. The van der Waals surface area contributed by atoms with Crippen molar-refractivity contribution in [1.82, 2.24) is 4.90 Å². The fourth-order valence-electron chi connectivity index (χ4n) is 2.01. The quantitative estimate of drug-likeness (QED) is 0.457. The molecule has 0 saturated carbocycles. The average molecular weight is 292 g/mol. The van der Waals surface area contributed by atoms with Crippen LogP contribution in [0.3, 0.4) is 0 Å². The normalized spacial score (nSPS) is 15.0. The van der Waals surface area contributed by atoms with Gasteiger partial charge in [0, 0.05) is 21.3 Å². The molecule has 0 amide bonds. The van der Waals surface area contributed by atoms with Gasteiger partial charge in [0.15, 0.2) is 0 Å². The molecular formula is C14H33NO3Si. The second-order valence-corrected chi connectivity index (χ2v) is 6.95. The van der Waals surface area contributed by atoms with E-state index in [-0.39, 0.29) is 0 Å². The molecule has 0 aromatic rings. The van der Waals surface area contributed by atoms with Gasteiger partial charge in [0.1, 0.15) is 0 Å². The van der Waals surface area contributed by atoms with E-state index in [1.54, 1.807) is 21.3 Å². The zero-order chi connectivity index (χ0) is 14.3. The van der Waals surface area contributed by atoms with E-state index in [4.69, 9.17) is 13.3 Å². The van der Waals surface area contributed by atoms with Crippen LogP contribution in [0.2, 0.25) is 0 Å². The summed E-state index contributed by atoms with van der Waals surface area (Å²) in [5, 5.41) is 0. The molecule has 1 aliphatic heterocycles. The van der Waals surface area contributed by atoms with Crippen molar-refractivity contribution in [2.24, 2.45) is 0 Å². The van der Waals surface area contributed by atoms with Crippen LogP contribution in [-0.4, -0.2) is 55.4 Å². The minimum Gasteiger partial charge on any atom is -0.379 e. The van der Waals surface area contributed by atoms with Crippen LogP contribution in [0.5, 0.6) is 0 Å². The van der Waals surface area contributed by atoms with E-state index in [1.165, 1.54) is 64.6 Å². The van der Waals surface area contributed by atoms with Gasteiger partial charge in [0.25, 0.3) is 0 Å². The lowest BCUT2D eigenvalue weighted by Gasteiger charge is -2.30. The van der Waals surface area contributed by atoms with Gasteiger partial charge in [-0.1, -0.05) is 39.0 Å². The van der Waals surface area contributed by atoms with E-state index in [9.17, 15) is 0 Å². The first-order valence-electron chi connectivity index (χ1n) is 7.59. The third kappa shape index (κ3) is 11.6.